The Balaban J connectivity index is 1.45. The zero-order valence-electron chi connectivity index (χ0n) is 15.6. The van der Waals surface area contributed by atoms with Gasteiger partial charge >= 0.3 is 0 Å². The SMILES string of the molecule is CC(c1ccc(-n2cncn2)cc1)N(C)C(=O)/C=C/c1nc2ccccc2o1. The van der Waals surface area contributed by atoms with Gasteiger partial charge in [0, 0.05) is 19.2 Å². The number of para-hydroxylation sites is 2. The van der Waals surface area contributed by atoms with E-state index in [0.29, 0.717) is 11.5 Å². The smallest absolute Gasteiger partial charge is 0.246 e. The predicted molar refractivity (Wildman–Crippen MR) is 106 cm³/mol. The van der Waals surface area contributed by atoms with Gasteiger partial charge in [-0.1, -0.05) is 24.3 Å². The minimum Gasteiger partial charge on any atom is -0.437 e. The summed E-state index contributed by atoms with van der Waals surface area (Å²) in [6.45, 7) is 1.98. The first-order chi connectivity index (χ1) is 13.6. The normalized spacial score (nSPS) is 12.5. The molecule has 1 atom stereocenters. The molecule has 4 aromatic rings. The van der Waals surface area contributed by atoms with Crippen molar-refractivity contribution in [1.82, 2.24) is 24.6 Å². The van der Waals surface area contributed by atoms with Crippen LogP contribution in [0, 0.1) is 0 Å². The van der Waals surface area contributed by atoms with Crippen LogP contribution in [-0.2, 0) is 4.79 Å². The Morgan fingerprint density at radius 2 is 1.96 bits per heavy atom. The van der Waals surface area contributed by atoms with Crippen molar-refractivity contribution < 1.29 is 9.21 Å². The maximum Gasteiger partial charge on any atom is 0.246 e. The topological polar surface area (TPSA) is 77.1 Å². The molecular formula is C21H19N5O2. The summed E-state index contributed by atoms with van der Waals surface area (Å²) in [5.74, 6) is 0.280. The number of hydrogen-bond acceptors (Lipinski definition) is 5. The molecule has 0 radical (unpaired) electrons. The number of fused-ring (bicyclic) bond motifs is 1. The number of benzene rings is 2. The van der Waals surface area contributed by atoms with Crippen molar-refractivity contribution in [2.24, 2.45) is 0 Å². The van der Waals surface area contributed by atoms with E-state index in [1.165, 1.54) is 12.4 Å². The van der Waals surface area contributed by atoms with E-state index in [2.05, 4.69) is 15.1 Å². The lowest BCUT2D eigenvalue weighted by molar-refractivity contribution is -0.126. The fraction of sp³-hybridized carbons (Fsp3) is 0.143. The number of carbonyl (C=O) groups is 1. The molecule has 0 saturated heterocycles. The van der Waals surface area contributed by atoms with Crippen LogP contribution in [0.2, 0.25) is 0 Å². The van der Waals surface area contributed by atoms with Gasteiger partial charge < -0.3 is 9.32 Å². The molecule has 0 saturated carbocycles. The second kappa shape index (κ2) is 7.48. The van der Waals surface area contributed by atoms with E-state index in [1.54, 1.807) is 29.0 Å². The first-order valence-electron chi connectivity index (χ1n) is 8.87. The number of amides is 1. The van der Waals surface area contributed by atoms with Crippen molar-refractivity contribution in [3.63, 3.8) is 0 Å². The maximum absolute atomic E-state index is 12.5. The number of hydrogen-bond donors (Lipinski definition) is 0. The summed E-state index contributed by atoms with van der Waals surface area (Å²) in [5.41, 5.74) is 3.40. The maximum atomic E-state index is 12.5. The minimum atomic E-state index is -0.130. The van der Waals surface area contributed by atoms with Crippen LogP contribution < -0.4 is 0 Å². The molecule has 4 rings (SSSR count). The molecular weight excluding hydrogens is 354 g/mol. The Morgan fingerprint density at radius 3 is 2.68 bits per heavy atom. The molecule has 2 aromatic carbocycles. The average molecular weight is 373 g/mol. The Hall–Kier alpha value is -3.74. The second-order valence-corrected chi connectivity index (χ2v) is 6.41. The molecule has 0 aliphatic carbocycles. The van der Waals surface area contributed by atoms with Gasteiger partial charge in [-0.2, -0.15) is 5.10 Å². The molecule has 0 N–H and O–H groups in total. The van der Waals surface area contributed by atoms with Gasteiger partial charge in [0.25, 0.3) is 0 Å². The van der Waals surface area contributed by atoms with Crippen LogP contribution in [0.5, 0.6) is 0 Å². The standard InChI is InChI=1S/C21H19N5O2/c1-15(16-7-9-17(10-8-16)26-14-22-13-23-26)25(2)21(27)12-11-20-24-18-5-3-4-6-19(18)28-20/h3-15H,1-2H3/b12-11+. The van der Waals surface area contributed by atoms with E-state index in [0.717, 1.165) is 16.8 Å². The third-order valence-electron chi connectivity index (χ3n) is 4.67. The highest BCUT2D eigenvalue weighted by molar-refractivity contribution is 5.91. The number of oxazole rings is 1. The number of aromatic nitrogens is 4. The van der Waals surface area contributed by atoms with Crippen molar-refractivity contribution in [1.29, 1.82) is 0 Å². The van der Waals surface area contributed by atoms with Crippen molar-refractivity contribution in [3.05, 3.63) is 78.7 Å². The van der Waals surface area contributed by atoms with Gasteiger partial charge in [-0.05, 0) is 36.8 Å². The van der Waals surface area contributed by atoms with Gasteiger partial charge in [-0.15, -0.1) is 0 Å². The molecule has 0 fully saturated rings. The lowest BCUT2D eigenvalue weighted by Gasteiger charge is -2.24. The molecule has 0 aliphatic heterocycles. The van der Waals surface area contributed by atoms with E-state index in [9.17, 15) is 4.79 Å². The van der Waals surface area contributed by atoms with E-state index >= 15 is 0 Å². The monoisotopic (exact) mass is 373 g/mol. The fourth-order valence-electron chi connectivity index (χ4n) is 2.88. The quantitative estimate of drug-likeness (QED) is 0.499. The summed E-state index contributed by atoms with van der Waals surface area (Å²) in [6, 6.07) is 15.3. The van der Waals surface area contributed by atoms with E-state index in [4.69, 9.17) is 4.42 Å². The van der Waals surface area contributed by atoms with Crippen molar-refractivity contribution >= 4 is 23.1 Å². The third-order valence-corrected chi connectivity index (χ3v) is 4.67. The number of nitrogens with zero attached hydrogens (tertiary/aromatic N) is 5. The Kier molecular flexibility index (Phi) is 4.72. The van der Waals surface area contributed by atoms with Gasteiger partial charge in [0.15, 0.2) is 5.58 Å². The highest BCUT2D eigenvalue weighted by Gasteiger charge is 2.16. The molecule has 2 aromatic heterocycles. The van der Waals surface area contributed by atoms with Crippen LogP contribution in [0.1, 0.15) is 24.4 Å². The Labute approximate surface area is 161 Å². The lowest BCUT2D eigenvalue weighted by atomic mass is 10.1. The average Bonchev–Trinajstić information content (AvgIpc) is 3.40. The van der Waals surface area contributed by atoms with Gasteiger partial charge in [-0.25, -0.2) is 14.6 Å². The molecule has 2 heterocycles. The molecule has 1 amide bonds. The first-order valence-corrected chi connectivity index (χ1v) is 8.87. The van der Waals surface area contributed by atoms with Crippen molar-refractivity contribution in [3.8, 4) is 5.69 Å². The summed E-state index contributed by atoms with van der Waals surface area (Å²) < 4.78 is 7.30. The highest BCUT2D eigenvalue weighted by atomic mass is 16.3. The van der Waals surface area contributed by atoms with Crippen LogP contribution in [0.15, 0.2) is 71.7 Å². The molecule has 7 heteroatoms. The molecule has 0 aliphatic rings. The predicted octanol–water partition coefficient (Wildman–Crippen LogP) is 3.64. The van der Waals surface area contributed by atoms with Crippen molar-refractivity contribution in [2.75, 3.05) is 7.05 Å². The molecule has 0 spiro atoms. The largest absolute Gasteiger partial charge is 0.437 e. The van der Waals surface area contributed by atoms with Crippen LogP contribution in [-0.4, -0.2) is 37.6 Å². The highest BCUT2D eigenvalue weighted by Crippen LogP contribution is 2.21. The van der Waals surface area contributed by atoms with Crippen LogP contribution in [0.3, 0.4) is 0 Å². The third kappa shape index (κ3) is 3.55. The molecule has 1 unspecified atom stereocenters. The summed E-state index contributed by atoms with van der Waals surface area (Å²) >= 11 is 0. The summed E-state index contributed by atoms with van der Waals surface area (Å²) in [5, 5.41) is 4.11. The summed E-state index contributed by atoms with van der Waals surface area (Å²) in [7, 11) is 1.77. The number of rotatable bonds is 5. The summed E-state index contributed by atoms with van der Waals surface area (Å²) in [6.07, 6.45) is 6.21. The summed E-state index contributed by atoms with van der Waals surface area (Å²) in [4.78, 5) is 22.5. The molecule has 0 bridgehead atoms. The van der Waals surface area contributed by atoms with Gasteiger partial charge in [-0.3, -0.25) is 4.79 Å². The zero-order chi connectivity index (χ0) is 19.5. The van der Waals surface area contributed by atoms with Crippen molar-refractivity contribution in [2.45, 2.75) is 13.0 Å². The zero-order valence-corrected chi connectivity index (χ0v) is 15.6. The lowest BCUT2D eigenvalue weighted by Crippen LogP contribution is -2.27. The van der Waals surface area contributed by atoms with Crippen LogP contribution in [0.25, 0.3) is 22.9 Å². The van der Waals surface area contributed by atoms with Gasteiger partial charge in [0.2, 0.25) is 11.8 Å². The van der Waals surface area contributed by atoms with Crippen LogP contribution in [0.4, 0.5) is 0 Å². The van der Waals surface area contributed by atoms with E-state index in [1.807, 2.05) is 55.5 Å². The van der Waals surface area contributed by atoms with Gasteiger partial charge in [0.05, 0.1) is 11.7 Å². The molecule has 140 valence electrons. The van der Waals surface area contributed by atoms with Gasteiger partial charge in [0.1, 0.15) is 18.2 Å². The fourth-order valence-corrected chi connectivity index (χ4v) is 2.88. The first kappa shape index (κ1) is 17.7. The van der Waals surface area contributed by atoms with E-state index in [-0.39, 0.29) is 11.9 Å². The molecule has 7 nitrogen and oxygen atoms in total. The number of likely N-dealkylation sites (N-methyl/N-ethyl adjacent to an activating group) is 1. The van der Waals surface area contributed by atoms with Crippen LogP contribution >= 0.6 is 0 Å². The van der Waals surface area contributed by atoms with E-state index < -0.39 is 0 Å². The Bertz CT molecular complexity index is 1080. The minimum absolute atomic E-state index is 0.0921. The second-order valence-electron chi connectivity index (χ2n) is 6.41. The molecule has 28 heavy (non-hydrogen) atoms. The number of carbonyl (C=O) groups excluding carboxylic acids is 1. The Morgan fingerprint density at radius 1 is 1.18 bits per heavy atom.